The van der Waals surface area contributed by atoms with E-state index in [9.17, 15) is 4.91 Å². The van der Waals surface area contributed by atoms with E-state index in [0.29, 0.717) is 12.1 Å². The minimum absolute atomic E-state index is 0.372. The van der Waals surface area contributed by atoms with E-state index in [0.717, 1.165) is 12.3 Å². The van der Waals surface area contributed by atoms with Gasteiger partial charge in [-0.25, -0.2) is 0 Å². The smallest absolute Gasteiger partial charge is 0.0534 e. The minimum atomic E-state index is 0.372. The summed E-state index contributed by atoms with van der Waals surface area (Å²) in [7, 11) is 0. The van der Waals surface area contributed by atoms with Crippen molar-refractivity contribution in [1.82, 2.24) is 5.01 Å². The van der Waals surface area contributed by atoms with Crippen LogP contribution >= 0.6 is 0 Å². The Bertz CT molecular complexity index is 195. The van der Waals surface area contributed by atoms with E-state index in [-0.39, 0.29) is 0 Å². The predicted octanol–water partition coefficient (Wildman–Crippen LogP) is 2.71. The maximum atomic E-state index is 10.7. The van der Waals surface area contributed by atoms with Crippen molar-refractivity contribution in [2.24, 2.45) is 11.2 Å². The average molecular weight is 182 g/mol. The molecule has 0 aromatic heterocycles. The maximum absolute atomic E-state index is 10.7. The zero-order valence-corrected chi connectivity index (χ0v) is 8.28. The number of piperidine rings is 1. The summed E-state index contributed by atoms with van der Waals surface area (Å²) < 4.78 is 0. The second kappa shape index (κ2) is 3.64. The Morgan fingerprint density at radius 2 is 1.92 bits per heavy atom. The third-order valence-corrected chi connectivity index (χ3v) is 3.71. The van der Waals surface area contributed by atoms with Crippen LogP contribution in [0, 0.1) is 10.8 Å². The predicted molar refractivity (Wildman–Crippen MR) is 52.1 cm³/mol. The van der Waals surface area contributed by atoms with Gasteiger partial charge < -0.3 is 0 Å². The molecular weight excluding hydrogens is 164 g/mol. The van der Waals surface area contributed by atoms with Gasteiger partial charge in [0, 0.05) is 6.04 Å². The standard InChI is InChI=1S/C10H18N2O/c1-8-6-7-9-4-2-3-5-10(9)12(8)11-13/h8-10H,2-7H2,1H3/t8-,9+,10-/m1/s1. The van der Waals surface area contributed by atoms with Gasteiger partial charge in [0.15, 0.2) is 0 Å². The van der Waals surface area contributed by atoms with E-state index in [1.165, 1.54) is 32.1 Å². The first-order valence-electron chi connectivity index (χ1n) is 5.44. The van der Waals surface area contributed by atoms with Crippen LogP contribution in [0.1, 0.15) is 45.4 Å². The fourth-order valence-electron chi connectivity index (χ4n) is 2.93. The summed E-state index contributed by atoms with van der Waals surface area (Å²) in [5, 5.41) is 5.02. The van der Waals surface area contributed by atoms with Gasteiger partial charge in [0.25, 0.3) is 0 Å². The highest BCUT2D eigenvalue weighted by molar-refractivity contribution is 4.88. The molecule has 3 heteroatoms. The molecule has 0 aromatic carbocycles. The van der Waals surface area contributed by atoms with Crippen LogP contribution in [-0.2, 0) is 0 Å². The third kappa shape index (κ3) is 1.56. The second-order valence-corrected chi connectivity index (χ2v) is 4.50. The molecule has 13 heavy (non-hydrogen) atoms. The summed E-state index contributed by atoms with van der Waals surface area (Å²) in [6.07, 6.45) is 7.57. The summed E-state index contributed by atoms with van der Waals surface area (Å²) in [5.41, 5.74) is 0. The van der Waals surface area contributed by atoms with Gasteiger partial charge in [-0.05, 0) is 38.5 Å². The zero-order chi connectivity index (χ0) is 9.26. The van der Waals surface area contributed by atoms with Gasteiger partial charge in [-0.2, -0.15) is 0 Å². The van der Waals surface area contributed by atoms with E-state index in [1.807, 2.05) is 5.01 Å². The van der Waals surface area contributed by atoms with E-state index < -0.39 is 0 Å². The third-order valence-electron chi connectivity index (χ3n) is 3.71. The molecule has 1 heterocycles. The van der Waals surface area contributed by atoms with Gasteiger partial charge >= 0.3 is 0 Å². The molecular formula is C10H18N2O. The Balaban J connectivity index is 2.09. The average Bonchev–Trinajstić information content (AvgIpc) is 2.18. The van der Waals surface area contributed by atoms with Crippen LogP contribution in [0.15, 0.2) is 5.29 Å². The van der Waals surface area contributed by atoms with Gasteiger partial charge in [-0.15, -0.1) is 4.91 Å². The van der Waals surface area contributed by atoms with Crippen molar-refractivity contribution >= 4 is 0 Å². The number of hydrogen-bond donors (Lipinski definition) is 0. The summed E-state index contributed by atoms with van der Waals surface area (Å²) in [6, 6.07) is 0.840. The van der Waals surface area contributed by atoms with Crippen LogP contribution < -0.4 is 0 Å². The number of hydrogen-bond acceptors (Lipinski definition) is 2. The Labute approximate surface area is 79.4 Å². The molecule has 0 N–H and O–H groups in total. The van der Waals surface area contributed by atoms with E-state index in [1.54, 1.807) is 0 Å². The molecule has 3 atom stereocenters. The van der Waals surface area contributed by atoms with Gasteiger partial charge in [0.1, 0.15) is 0 Å². The first-order chi connectivity index (χ1) is 6.33. The highest BCUT2D eigenvalue weighted by Gasteiger charge is 2.36. The molecule has 74 valence electrons. The van der Waals surface area contributed by atoms with Gasteiger partial charge in [-0.1, -0.05) is 12.8 Å². The molecule has 0 unspecified atom stereocenters. The monoisotopic (exact) mass is 182 g/mol. The second-order valence-electron chi connectivity index (χ2n) is 4.50. The SMILES string of the molecule is C[C@@H]1CC[C@@H]2CCCC[C@H]2N1N=O. The molecule has 0 bridgehead atoms. The highest BCUT2D eigenvalue weighted by atomic mass is 16.3. The lowest BCUT2D eigenvalue weighted by atomic mass is 9.77. The van der Waals surface area contributed by atoms with Crippen molar-refractivity contribution in [3.63, 3.8) is 0 Å². The number of fused-ring (bicyclic) bond motifs is 1. The van der Waals surface area contributed by atoms with Crippen molar-refractivity contribution in [2.45, 2.75) is 57.5 Å². The lowest BCUT2D eigenvalue weighted by Gasteiger charge is -2.44. The molecule has 3 nitrogen and oxygen atoms in total. The molecule has 2 fully saturated rings. The van der Waals surface area contributed by atoms with Crippen molar-refractivity contribution in [2.75, 3.05) is 0 Å². The highest BCUT2D eigenvalue weighted by Crippen LogP contribution is 2.37. The molecule has 0 amide bonds. The molecule has 0 spiro atoms. The molecule has 1 aliphatic heterocycles. The van der Waals surface area contributed by atoms with Crippen molar-refractivity contribution in [3.8, 4) is 0 Å². The molecule has 1 aliphatic carbocycles. The number of rotatable bonds is 1. The fourth-order valence-corrected chi connectivity index (χ4v) is 2.93. The zero-order valence-electron chi connectivity index (χ0n) is 8.28. The molecule has 0 radical (unpaired) electrons. The Morgan fingerprint density at radius 3 is 2.69 bits per heavy atom. The fraction of sp³-hybridized carbons (Fsp3) is 1.00. The van der Waals surface area contributed by atoms with Crippen LogP contribution in [0.3, 0.4) is 0 Å². The van der Waals surface area contributed by atoms with Gasteiger partial charge in [0.05, 0.1) is 11.3 Å². The van der Waals surface area contributed by atoms with Crippen molar-refractivity contribution in [3.05, 3.63) is 4.91 Å². The van der Waals surface area contributed by atoms with Crippen molar-refractivity contribution < 1.29 is 0 Å². The number of nitroso groups, excluding NO2 is 1. The summed E-state index contributed by atoms with van der Waals surface area (Å²) in [4.78, 5) is 10.7. The van der Waals surface area contributed by atoms with E-state index in [4.69, 9.17) is 0 Å². The summed E-state index contributed by atoms with van der Waals surface area (Å²) >= 11 is 0. The van der Waals surface area contributed by atoms with Crippen LogP contribution in [0.5, 0.6) is 0 Å². The van der Waals surface area contributed by atoms with Crippen LogP contribution in [0.2, 0.25) is 0 Å². The molecule has 2 aliphatic rings. The van der Waals surface area contributed by atoms with E-state index >= 15 is 0 Å². The quantitative estimate of drug-likeness (QED) is 0.584. The normalized spacial score (nSPS) is 39.8. The number of nitrogens with zero attached hydrogens (tertiary/aromatic N) is 2. The topological polar surface area (TPSA) is 32.7 Å². The first-order valence-corrected chi connectivity index (χ1v) is 5.44. The van der Waals surface area contributed by atoms with Crippen LogP contribution in [-0.4, -0.2) is 17.1 Å². The van der Waals surface area contributed by atoms with Crippen molar-refractivity contribution in [1.29, 1.82) is 0 Å². The van der Waals surface area contributed by atoms with Crippen LogP contribution in [0.4, 0.5) is 0 Å². The largest absolute Gasteiger partial charge is 0.255 e. The molecule has 0 aromatic rings. The lowest BCUT2D eigenvalue weighted by molar-refractivity contribution is 0.0227. The summed E-state index contributed by atoms with van der Waals surface area (Å²) in [6.45, 7) is 2.12. The Morgan fingerprint density at radius 1 is 1.15 bits per heavy atom. The van der Waals surface area contributed by atoms with Gasteiger partial charge in [-0.3, -0.25) is 5.01 Å². The Kier molecular flexibility index (Phi) is 2.51. The molecule has 1 saturated carbocycles. The Hall–Kier alpha value is -0.600. The lowest BCUT2D eigenvalue weighted by Crippen LogP contribution is -2.47. The van der Waals surface area contributed by atoms with E-state index in [2.05, 4.69) is 12.2 Å². The minimum Gasteiger partial charge on any atom is -0.255 e. The van der Waals surface area contributed by atoms with Crippen LogP contribution in [0.25, 0.3) is 0 Å². The molecule has 2 rings (SSSR count). The molecule has 1 saturated heterocycles. The first kappa shape index (κ1) is 8.97. The maximum Gasteiger partial charge on any atom is 0.0534 e. The summed E-state index contributed by atoms with van der Waals surface area (Å²) in [5.74, 6) is 0.752. The van der Waals surface area contributed by atoms with Gasteiger partial charge in [0.2, 0.25) is 0 Å².